The molecule has 0 radical (unpaired) electrons. The Morgan fingerprint density at radius 1 is 0.815 bits per heavy atom. The van der Waals surface area contributed by atoms with Crippen molar-refractivity contribution in [2.45, 2.75) is 44.9 Å². The molecule has 3 aromatic rings. The molecule has 0 aromatic heterocycles. The SMILES string of the molecule is CCCC(C)(CCc1cccc(Oc2ccccc2)c1)c1ccc(O)cc1. The van der Waals surface area contributed by atoms with E-state index < -0.39 is 0 Å². The standard InChI is InChI=1S/C25H28O2/c1-3-17-25(2,21-12-14-22(26)15-13-21)18-16-20-8-7-11-24(19-20)27-23-9-5-4-6-10-23/h4-15,19,26H,3,16-18H2,1-2H3. The fraction of sp³-hybridized carbons (Fsp3) is 0.280. The van der Waals surface area contributed by atoms with E-state index in [1.165, 1.54) is 11.1 Å². The van der Waals surface area contributed by atoms with E-state index in [9.17, 15) is 5.11 Å². The molecule has 3 aromatic carbocycles. The van der Waals surface area contributed by atoms with Gasteiger partial charge in [-0.15, -0.1) is 0 Å². The van der Waals surface area contributed by atoms with Gasteiger partial charge in [0.05, 0.1) is 0 Å². The first-order valence-corrected chi connectivity index (χ1v) is 9.70. The normalized spacial score (nSPS) is 13.1. The molecular formula is C25H28O2. The molecule has 140 valence electrons. The van der Waals surface area contributed by atoms with Crippen LogP contribution in [0.25, 0.3) is 0 Å². The van der Waals surface area contributed by atoms with Crippen LogP contribution >= 0.6 is 0 Å². The predicted molar refractivity (Wildman–Crippen MR) is 112 cm³/mol. The second-order valence-corrected chi connectivity index (χ2v) is 7.42. The van der Waals surface area contributed by atoms with Crippen molar-refractivity contribution in [3.8, 4) is 17.2 Å². The largest absolute Gasteiger partial charge is 0.508 e. The Balaban J connectivity index is 1.72. The molecule has 1 unspecified atom stereocenters. The molecule has 0 aliphatic carbocycles. The molecule has 0 amide bonds. The number of ether oxygens (including phenoxy) is 1. The Morgan fingerprint density at radius 2 is 1.52 bits per heavy atom. The second kappa shape index (κ2) is 8.77. The maximum atomic E-state index is 9.60. The Bertz CT molecular complexity index is 840. The fourth-order valence-electron chi connectivity index (χ4n) is 3.64. The first kappa shape index (κ1) is 19.0. The molecular weight excluding hydrogens is 332 g/mol. The lowest BCUT2D eigenvalue weighted by molar-refractivity contribution is 0.395. The lowest BCUT2D eigenvalue weighted by atomic mass is 9.74. The van der Waals surface area contributed by atoms with E-state index >= 15 is 0 Å². The van der Waals surface area contributed by atoms with Gasteiger partial charge in [0.15, 0.2) is 0 Å². The molecule has 0 fully saturated rings. The van der Waals surface area contributed by atoms with Gasteiger partial charge in [0.1, 0.15) is 17.2 Å². The maximum Gasteiger partial charge on any atom is 0.127 e. The molecule has 0 aliphatic rings. The van der Waals surface area contributed by atoms with Crippen LogP contribution in [0.15, 0.2) is 78.9 Å². The third-order valence-electron chi connectivity index (χ3n) is 5.21. The lowest BCUT2D eigenvalue weighted by Gasteiger charge is -2.30. The molecule has 0 saturated carbocycles. The summed E-state index contributed by atoms with van der Waals surface area (Å²) >= 11 is 0. The molecule has 0 bridgehead atoms. The lowest BCUT2D eigenvalue weighted by Crippen LogP contribution is -2.22. The fourth-order valence-corrected chi connectivity index (χ4v) is 3.64. The van der Waals surface area contributed by atoms with E-state index in [0.29, 0.717) is 5.75 Å². The van der Waals surface area contributed by atoms with Crippen molar-refractivity contribution in [3.63, 3.8) is 0 Å². The molecule has 1 N–H and O–H groups in total. The first-order valence-electron chi connectivity index (χ1n) is 9.70. The molecule has 1 atom stereocenters. The molecule has 27 heavy (non-hydrogen) atoms. The quantitative estimate of drug-likeness (QED) is 0.474. The van der Waals surface area contributed by atoms with Crippen LogP contribution < -0.4 is 4.74 Å². The van der Waals surface area contributed by atoms with Crippen LogP contribution in [0.5, 0.6) is 17.2 Å². The predicted octanol–water partition coefficient (Wildman–Crippen LogP) is 6.88. The van der Waals surface area contributed by atoms with Gasteiger partial charge < -0.3 is 9.84 Å². The number of benzene rings is 3. The van der Waals surface area contributed by atoms with Crippen molar-refractivity contribution in [3.05, 3.63) is 90.0 Å². The average molecular weight is 360 g/mol. The summed E-state index contributed by atoms with van der Waals surface area (Å²) in [4.78, 5) is 0. The zero-order chi connectivity index (χ0) is 19.1. The highest BCUT2D eigenvalue weighted by Crippen LogP contribution is 2.35. The number of phenols is 1. The molecule has 0 heterocycles. The van der Waals surface area contributed by atoms with E-state index in [4.69, 9.17) is 4.74 Å². The Labute approximate surface area is 162 Å². The summed E-state index contributed by atoms with van der Waals surface area (Å²) in [5.41, 5.74) is 2.67. The van der Waals surface area contributed by atoms with Crippen molar-refractivity contribution in [2.75, 3.05) is 0 Å². The summed E-state index contributed by atoms with van der Waals surface area (Å²) in [6, 6.07) is 25.9. The molecule has 2 nitrogen and oxygen atoms in total. The number of aryl methyl sites for hydroxylation is 1. The average Bonchev–Trinajstić information content (AvgIpc) is 2.68. The van der Waals surface area contributed by atoms with Crippen LogP contribution in [0.1, 0.15) is 44.2 Å². The van der Waals surface area contributed by atoms with E-state index in [0.717, 1.165) is 37.2 Å². The van der Waals surface area contributed by atoms with Gasteiger partial charge in [-0.2, -0.15) is 0 Å². The van der Waals surface area contributed by atoms with Crippen LogP contribution in [-0.4, -0.2) is 5.11 Å². The zero-order valence-corrected chi connectivity index (χ0v) is 16.2. The minimum atomic E-state index is 0.0960. The van der Waals surface area contributed by atoms with Gasteiger partial charge in [-0.25, -0.2) is 0 Å². The van der Waals surface area contributed by atoms with Gasteiger partial charge in [-0.1, -0.05) is 62.7 Å². The monoisotopic (exact) mass is 360 g/mol. The molecule has 3 rings (SSSR count). The number of para-hydroxylation sites is 1. The van der Waals surface area contributed by atoms with Crippen molar-refractivity contribution in [2.24, 2.45) is 0 Å². The highest BCUT2D eigenvalue weighted by Gasteiger charge is 2.25. The van der Waals surface area contributed by atoms with Crippen LogP contribution in [-0.2, 0) is 11.8 Å². The highest BCUT2D eigenvalue weighted by atomic mass is 16.5. The second-order valence-electron chi connectivity index (χ2n) is 7.42. The smallest absolute Gasteiger partial charge is 0.127 e. The van der Waals surface area contributed by atoms with Gasteiger partial charge in [0, 0.05) is 0 Å². The van der Waals surface area contributed by atoms with Crippen molar-refractivity contribution >= 4 is 0 Å². The van der Waals surface area contributed by atoms with Crippen LogP contribution in [0.2, 0.25) is 0 Å². The molecule has 0 spiro atoms. The minimum absolute atomic E-state index is 0.0960. The summed E-state index contributed by atoms with van der Waals surface area (Å²) in [6.07, 6.45) is 4.30. The first-order chi connectivity index (χ1) is 13.1. The van der Waals surface area contributed by atoms with Gasteiger partial charge >= 0.3 is 0 Å². The molecule has 0 aliphatic heterocycles. The number of phenolic OH excluding ortho intramolecular Hbond substituents is 1. The van der Waals surface area contributed by atoms with E-state index in [1.807, 2.05) is 36.4 Å². The molecule has 0 saturated heterocycles. The van der Waals surface area contributed by atoms with Gasteiger partial charge in [0.2, 0.25) is 0 Å². The highest BCUT2D eigenvalue weighted by molar-refractivity contribution is 5.35. The number of aromatic hydroxyl groups is 1. The summed E-state index contributed by atoms with van der Waals surface area (Å²) in [7, 11) is 0. The van der Waals surface area contributed by atoms with Crippen LogP contribution in [0, 0.1) is 0 Å². The summed E-state index contributed by atoms with van der Waals surface area (Å²) < 4.78 is 5.97. The van der Waals surface area contributed by atoms with Crippen molar-refractivity contribution in [1.82, 2.24) is 0 Å². The number of hydrogen-bond acceptors (Lipinski definition) is 2. The topological polar surface area (TPSA) is 29.5 Å². The summed E-state index contributed by atoms with van der Waals surface area (Å²) in [5.74, 6) is 2.05. The van der Waals surface area contributed by atoms with E-state index in [2.05, 4.69) is 44.2 Å². The summed E-state index contributed by atoms with van der Waals surface area (Å²) in [6.45, 7) is 4.56. The van der Waals surface area contributed by atoms with Crippen molar-refractivity contribution < 1.29 is 9.84 Å². The molecule has 2 heteroatoms. The Hall–Kier alpha value is -2.74. The Kier molecular flexibility index (Phi) is 6.18. The van der Waals surface area contributed by atoms with Crippen LogP contribution in [0.4, 0.5) is 0 Å². The minimum Gasteiger partial charge on any atom is -0.508 e. The zero-order valence-electron chi connectivity index (χ0n) is 16.2. The van der Waals surface area contributed by atoms with Crippen LogP contribution in [0.3, 0.4) is 0 Å². The number of rotatable bonds is 8. The van der Waals surface area contributed by atoms with E-state index in [-0.39, 0.29) is 5.41 Å². The third kappa shape index (κ3) is 5.13. The maximum absolute atomic E-state index is 9.60. The van der Waals surface area contributed by atoms with Gasteiger partial charge in [0.25, 0.3) is 0 Å². The van der Waals surface area contributed by atoms with E-state index in [1.54, 1.807) is 12.1 Å². The summed E-state index contributed by atoms with van der Waals surface area (Å²) in [5, 5.41) is 9.60. The Morgan fingerprint density at radius 3 is 2.22 bits per heavy atom. The van der Waals surface area contributed by atoms with Gasteiger partial charge in [-0.05, 0) is 72.2 Å². The third-order valence-corrected chi connectivity index (χ3v) is 5.21. The number of hydrogen-bond donors (Lipinski definition) is 1. The van der Waals surface area contributed by atoms with Crippen molar-refractivity contribution in [1.29, 1.82) is 0 Å². The van der Waals surface area contributed by atoms with Gasteiger partial charge in [-0.3, -0.25) is 0 Å².